The molecular weight excluding hydrogens is 348 g/mol. The van der Waals surface area contributed by atoms with Crippen molar-refractivity contribution in [2.45, 2.75) is 45.8 Å². The van der Waals surface area contributed by atoms with Crippen molar-refractivity contribution in [3.8, 4) is 0 Å². The van der Waals surface area contributed by atoms with Gasteiger partial charge in [0.15, 0.2) is 5.96 Å². The maximum atomic E-state index is 4.80. The van der Waals surface area contributed by atoms with Crippen LogP contribution in [0.15, 0.2) is 53.8 Å². The van der Waals surface area contributed by atoms with Gasteiger partial charge < -0.3 is 10.6 Å². The highest BCUT2D eigenvalue weighted by atomic mass is 15.3. The molecule has 2 heterocycles. The van der Waals surface area contributed by atoms with Crippen molar-refractivity contribution >= 4 is 5.96 Å². The van der Waals surface area contributed by atoms with Gasteiger partial charge in [-0.05, 0) is 43.9 Å². The van der Waals surface area contributed by atoms with E-state index < -0.39 is 0 Å². The second kappa shape index (κ2) is 10.9. The topological polar surface area (TPSA) is 57.5 Å². The average Bonchev–Trinajstić information content (AvgIpc) is 3.37. The van der Waals surface area contributed by atoms with Gasteiger partial charge in [0.05, 0.1) is 0 Å². The minimum absolute atomic E-state index is 0.441. The van der Waals surface area contributed by atoms with Gasteiger partial charge in [-0.25, -0.2) is 0 Å². The van der Waals surface area contributed by atoms with Crippen molar-refractivity contribution < 1.29 is 0 Å². The van der Waals surface area contributed by atoms with E-state index in [1.54, 1.807) is 0 Å². The summed E-state index contributed by atoms with van der Waals surface area (Å²) < 4.78 is 1.97. The molecule has 0 amide bonds. The van der Waals surface area contributed by atoms with Crippen LogP contribution in [-0.2, 0) is 13.1 Å². The summed E-state index contributed by atoms with van der Waals surface area (Å²) in [5.74, 6) is 1.36. The van der Waals surface area contributed by atoms with Crippen molar-refractivity contribution in [2.75, 3.05) is 26.2 Å². The number of nitrogens with one attached hydrogen (secondary N) is 2. The third kappa shape index (κ3) is 6.37. The number of hydrogen-bond acceptors (Lipinski definition) is 3. The van der Waals surface area contributed by atoms with Gasteiger partial charge in [0.25, 0.3) is 0 Å². The first-order valence-electron chi connectivity index (χ1n) is 10.5. The monoisotopic (exact) mass is 382 g/mol. The fraction of sp³-hybridized carbons (Fsp3) is 0.545. The molecule has 2 unspecified atom stereocenters. The van der Waals surface area contributed by atoms with E-state index >= 15 is 0 Å². The van der Waals surface area contributed by atoms with Crippen LogP contribution >= 0.6 is 0 Å². The Hall–Kier alpha value is -2.34. The SMILES string of the molecule is CCNC(=NCC(C)Cn1cccn1)NCC1CCCN1Cc1ccccc1. The van der Waals surface area contributed by atoms with E-state index in [2.05, 4.69) is 64.8 Å². The fourth-order valence-electron chi connectivity index (χ4n) is 3.74. The van der Waals surface area contributed by atoms with Gasteiger partial charge in [-0.2, -0.15) is 5.10 Å². The molecule has 2 aromatic rings. The third-order valence-corrected chi connectivity index (χ3v) is 5.20. The van der Waals surface area contributed by atoms with Crippen LogP contribution in [0.2, 0.25) is 0 Å². The van der Waals surface area contributed by atoms with Crippen LogP contribution in [0.3, 0.4) is 0 Å². The predicted molar refractivity (Wildman–Crippen MR) is 115 cm³/mol. The first kappa shape index (κ1) is 20.4. The number of aromatic nitrogens is 2. The lowest BCUT2D eigenvalue weighted by atomic mass is 10.2. The van der Waals surface area contributed by atoms with Crippen molar-refractivity contribution in [3.05, 3.63) is 54.4 Å². The Kier molecular flexibility index (Phi) is 7.91. The summed E-state index contributed by atoms with van der Waals surface area (Å²) in [5, 5.41) is 11.2. The molecule has 0 bridgehead atoms. The Morgan fingerprint density at radius 1 is 1.25 bits per heavy atom. The van der Waals surface area contributed by atoms with Crippen molar-refractivity contribution in [2.24, 2.45) is 10.9 Å². The second-order valence-electron chi connectivity index (χ2n) is 7.69. The summed E-state index contributed by atoms with van der Waals surface area (Å²) in [7, 11) is 0. The lowest BCUT2D eigenvalue weighted by Gasteiger charge is -2.25. The second-order valence-corrected chi connectivity index (χ2v) is 7.69. The van der Waals surface area contributed by atoms with Gasteiger partial charge in [0, 0.05) is 51.2 Å². The quantitative estimate of drug-likeness (QED) is 0.517. The van der Waals surface area contributed by atoms with Crippen molar-refractivity contribution in [1.29, 1.82) is 0 Å². The number of guanidine groups is 1. The molecule has 28 heavy (non-hydrogen) atoms. The smallest absolute Gasteiger partial charge is 0.191 e. The molecule has 2 atom stereocenters. The van der Waals surface area contributed by atoms with E-state index in [1.807, 2.05) is 23.1 Å². The molecular formula is C22H34N6. The zero-order chi connectivity index (χ0) is 19.6. The molecule has 3 rings (SSSR count). The minimum atomic E-state index is 0.441. The predicted octanol–water partition coefficient (Wildman–Crippen LogP) is 2.74. The summed E-state index contributed by atoms with van der Waals surface area (Å²) in [6.07, 6.45) is 6.35. The largest absolute Gasteiger partial charge is 0.357 e. The van der Waals surface area contributed by atoms with Crippen LogP contribution < -0.4 is 10.6 Å². The standard InChI is InChI=1S/C22H34N6/c1-3-23-22(24-15-19(2)17-28-14-8-12-26-28)25-16-21-11-7-13-27(21)18-20-9-5-4-6-10-20/h4-6,8-10,12,14,19,21H,3,7,11,13,15-18H2,1-2H3,(H2,23,24,25). The van der Waals surface area contributed by atoms with E-state index in [-0.39, 0.29) is 0 Å². The van der Waals surface area contributed by atoms with Crippen LogP contribution in [0.25, 0.3) is 0 Å². The third-order valence-electron chi connectivity index (χ3n) is 5.20. The molecule has 6 heteroatoms. The molecule has 1 fully saturated rings. The van der Waals surface area contributed by atoms with Crippen molar-refractivity contribution in [1.82, 2.24) is 25.3 Å². The van der Waals surface area contributed by atoms with Crippen LogP contribution in [0.5, 0.6) is 0 Å². The first-order chi connectivity index (χ1) is 13.7. The summed E-state index contributed by atoms with van der Waals surface area (Å²) in [6.45, 7) is 10.0. The lowest BCUT2D eigenvalue weighted by Crippen LogP contribution is -2.45. The Morgan fingerprint density at radius 2 is 2.11 bits per heavy atom. The first-order valence-corrected chi connectivity index (χ1v) is 10.5. The summed E-state index contributed by atoms with van der Waals surface area (Å²) in [5.41, 5.74) is 1.39. The Morgan fingerprint density at radius 3 is 2.86 bits per heavy atom. The van der Waals surface area contributed by atoms with E-state index in [4.69, 9.17) is 4.99 Å². The van der Waals surface area contributed by atoms with Crippen molar-refractivity contribution in [3.63, 3.8) is 0 Å². The van der Waals surface area contributed by atoms with Crippen LogP contribution in [-0.4, -0.2) is 52.9 Å². The van der Waals surface area contributed by atoms with Gasteiger partial charge >= 0.3 is 0 Å². The van der Waals surface area contributed by atoms with Gasteiger partial charge in [0.1, 0.15) is 0 Å². The highest BCUT2D eigenvalue weighted by molar-refractivity contribution is 5.79. The minimum Gasteiger partial charge on any atom is -0.357 e. The van der Waals surface area contributed by atoms with Gasteiger partial charge in [-0.1, -0.05) is 37.3 Å². The molecule has 6 nitrogen and oxygen atoms in total. The van der Waals surface area contributed by atoms with Crippen LogP contribution in [0, 0.1) is 5.92 Å². The van der Waals surface area contributed by atoms with E-state index in [9.17, 15) is 0 Å². The number of rotatable bonds is 9. The van der Waals surface area contributed by atoms with Crippen LogP contribution in [0.4, 0.5) is 0 Å². The molecule has 1 aromatic heterocycles. The molecule has 1 saturated heterocycles. The zero-order valence-electron chi connectivity index (χ0n) is 17.2. The molecule has 2 N–H and O–H groups in total. The Labute approximate surface area is 169 Å². The molecule has 0 aliphatic carbocycles. The summed E-state index contributed by atoms with van der Waals surface area (Å²) in [6, 6.07) is 13.3. The average molecular weight is 383 g/mol. The number of hydrogen-bond donors (Lipinski definition) is 2. The molecule has 1 aliphatic heterocycles. The van der Waals surface area contributed by atoms with Gasteiger partial charge in [0.2, 0.25) is 0 Å². The Balaban J connectivity index is 1.49. The molecule has 0 spiro atoms. The maximum Gasteiger partial charge on any atom is 0.191 e. The highest BCUT2D eigenvalue weighted by Crippen LogP contribution is 2.19. The molecule has 1 aliphatic rings. The van der Waals surface area contributed by atoms with E-state index in [1.165, 1.54) is 24.9 Å². The van der Waals surface area contributed by atoms with Gasteiger partial charge in [-0.3, -0.25) is 14.6 Å². The lowest BCUT2D eigenvalue weighted by molar-refractivity contribution is 0.245. The van der Waals surface area contributed by atoms with Crippen LogP contribution in [0.1, 0.15) is 32.3 Å². The number of aliphatic imine (C=N–C) groups is 1. The zero-order valence-corrected chi connectivity index (χ0v) is 17.2. The summed E-state index contributed by atoms with van der Waals surface area (Å²) >= 11 is 0. The molecule has 152 valence electrons. The Bertz CT molecular complexity index is 697. The fourth-order valence-corrected chi connectivity index (χ4v) is 3.74. The van der Waals surface area contributed by atoms with E-state index in [0.29, 0.717) is 12.0 Å². The maximum absolute atomic E-state index is 4.80. The number of nitrogens with zero attached hydrogens (tertiary/aromatic N) is 4. The highest BCUT2D eigenvalue weighted by Gasteiger charge is 2.24. The van der Waals surface area contributed by atoms with E-state index in [0.717, 1.165) is 38.7 Å². The molecule has 0 saturated carbocycles. The summed E-state index contributed by atoms with van der Waals surface area (Å²) in [4.78, 5) is 7.39. The number of benzene rings is 1. The normalized spacial score (nSPS) is 18.9. The molecule has 0 radical (unpaired) electrons. The van der Waals surface area contributed by atoms with Gasteiger partial charge in [-0.15, -0.1) is 0 Å². The molecule has 1 aromatic carbocycles. The number of likely N-dealkylation sites (tertiary alicyclic amines) is 1.